The zero-order valence-corrected chi connectivity index (χ0v) is 14.2. The van der Waals surface area contributed by atoms with Gasteiger partial charge in [0, 0.05) is 25.0 Å². The van der Waals surface area contributed by atoms with Crippen LogP contribution >= 0.6 is 11.3 Å². The number of carbonyl (C=O) groups excluding carboxylic acids is 1. The van der Waals surface area contributed by atoms with Gasteiger partial charge in [0.2, 0.25) is 0 Å². The van der Waals surface area contributed by atoms with Crippen molar-refractivity contribution in [2.45, 2.75) is 32.8 Å². The van der Waals surface area contributed by atoms with Crippen LogP contribution in [0.15, 0.2) is 18.6 Å². The molecule has 1 amide bonds. The number of aryl methyl sites for hydroxylation is 3. The molecule has 0 spiro atoms. The van der Waals surface area contributed by atoms with Gasteiger partial charge in [-0.3, -0.25) is 4.79 Å². The molecule has 3 heterocycles. The number of rotatable bonds is 4. The summed E-state index contributed by atoms with van der Waals surface area (Å²) >= 11 is 1.47. The molecule has 0 saturated carbocycles. The van der Waals surface area contributed by atoms with E-state index in [1.807, 2.05) is 24.8 Å². The summed E-state index contributed by atoms with van der Waals surface area (Å²) in [7, 11) is 0. The molecule has 122 valence electrons. The van der Waals surface area contributed by atoms with E-state index in [0.29, 0.717) is 19.7 Å². The van der Waals surface area contributed by atoms with Crippen molar-refractivity contribution in [1.29, 1.82) is 0 Å². The van der Waals surface area contributed by atoms with Crippen molar-refractivity contribution in [3.05, 3.63) is 39.9 Å². The predicted octanol–water partition coefficient (Wildman–Crippen LogP) is 2.02. The van der Waals surface area contributed by atoms with Gasteiger partial charge >= 0.3 is 0 Å². The highest BCUT2D eigenvalue weighted by atomic mass is 32.1. The number of ether oxygens (including phenoxy) is 1. The highest BCUT2D eigenvalue weighted by Gasteiger charge is 2.27. The van der Waals surface area contributed by atoms with E-state index in [4.69, 9.17) is 4.74 Å². The minimum absolute atomic E-state index is 0.0528. The van der Waals surface area contributed by atoms with Gasteiger partial charge in [0.25, 0.3) is 5.91 Å². The van der Waals surface area contributed by atoms with Gasteiger partial charge in [-0.05, 0) is 32.8 Å². The lowest BCUT2D eigenvalue weighted by molar-refractivity contribution is -0.0245. The Kier molecular flexibility index (Phi) is 4.97. The molecule has 1 saturated heterocycles. The van der Waals surface area contributed by atoms with Crippen molar-refractivity contribution in [2.24, 2.45) is 0 Å². The van der Waals surface area contributed by atoms with Crippen LogP contribution in [-0.4, -0.2) is 51.6 Å². The summed E-state index contributed by atoms with van der Waals surface area (Å²) in [5.41, 5.74) is 1.82. The lowest BCUT2D eigenvalue weighted by atomic mass is 10.1. The molecule has 2 aromatic heterocycles. The molecule has 6 nitrogen and oxygen atoms in total. The van der Waals surface area contributed by atoms with Crippen LogP contribution in [0.2, 0.25) is 0 Å². The van der Waals surface area contributed by atoms with Crippen LogP contribution in [0, 0.1) is 13.8 Å². The zero-order valence-electron chi connectivity index (χ0n) is 13.4. The maximum Gasteiger partial charge on any atom is 0.266 e. The second-order valence-corrected chi connectivity index (χ2v) is 6.83. The summed E-state index contributed by atoms with van der Waals surface area (Å²) in [4.78, 5) is 27.8. The van der Waals surface area contributed by atoms with Gasteiger partial charge in [-0.1, -0.05) is 0 Å². The van der Waals surface area contributed by atoms with E-state index in [9.17, 15) is 4.79 Å². The number of amides is 1. The van der Waals surface area contributed by atoms with Crippen molar-refractivity contribution in [3.8, 4) is 0 Å². The number of hydrogen-bond donors (Lipinski definition) is 0. The molecule has 0 unspecified atom stereocenters. The predicted molar refractivity (Wildman–Crippen MR) is 87.6 cm³/mol. The lowest BCUT2D eigenvalue weighted by Gasteiger charge is -2.32. The molecule has 0 aliphatic carbocycles. The van der Waals surface area contributed by atoms with Crippen LogP contribution in [0.4, 0.5) is 0 Å². The molecule has 23 heavy (non-hydrogen) atoms. The van der Waals surface area contributed by atoms with E-state index in [1.54, 1.807) is 12.5 Å². The van der Waals surface area contributed by atoms with E-state index in [0.717, 1.165) is 34.1 Å². The Bertz CT molecular complexity index is 674. The fourth-order valence-electron chi connectivity index (χ4n) is 2.73. The van der Waals surface area contributed by atoms with Gasteiger partial charge in [-0.15, -0.1) is 11.3 Å². The van der Waals surface area contributed by atoms with Crippen LogP contribution in [0.1, 0.15) is 32.5 Å². The van der Waals surface area contributed by atoms with Gasteiger partial charge in [-0.25, -0.2) is 15.0 Å². The van der Waals surface area contributed by atoms with Crippen molar-refractivity contribution in [2.75, 3.05) is 19.7 Å². The van der Waals surface area contributed by atoms with Gasteiger partial charge in [-0.2, -0.15) is 0 Å². The molecular weight excluding hydrogens is 312 g/mol. The quantitative estimate of drug-likeness (QED) is 0.857. The Hall–Kier alpha value is -1.86. The minimum Gasteiger partial charge on any atom is -0.375 e. The maximum atomic E-state index is 12.7. The van der Waals surface area contributed by atoms with Crippen LogP contribution in [-0.2, 0) is 11.2 Å². The molecule has 3 rings (SSSR count). The smallest absolute Gasteiger partial charge is 0.266 e. The molecular formula is C16H20N4O2S. The number of thiazole rings is 1. The third-order valence-corrected chi connectivity index (χ3v) is 4.95. The van der Waals surface area contributed by atoms with Crippen molar-refractivity contribution >= 4 is 17.2 Å². The molecule has 0 N–H and O–H groups in total. The molecule has 1 aliphatic rings. The first-order valence-electron chi connectivity index (χ1n) is 7.73. The van der Waals surface area contributed by atoms with E-state index >= 15 is 0 Å². The van der Waals surface area contributed by atoms with Gasteiger partial charge < -0.3 is 9.64 Å². The van der Waals surface area contributed by atoms with E-state index < -0.39 is 0 Å². The minimum atomic E-state index is 0.0528. The van der Waals surface area contributed by atoms with Crippen LogP contribution < -0.4 is 0 Å². The fraction of sp³-hybridized carbons (Fsp3) is 0.500. The molecule has 0 radical (unpaired) electrons. The largest absolute Gasteiger partial charge is 0.375 e. The summed E-state index contributed by atoms with van der Waals surface area (Å²) in [6.45, 7) is 5.67. The highest BCUT2D eigenvalue weighted by Crippen LogP contribution is 2.21. The van der Waals surface area contributed by atoms with Gasteiger partial charge in [0.1, 0.15) is 11.2 Å². The Balaban J connectivity index is 1.59. The fourth-order valence-corrected chi connectivity index (χ4v) is 3.61. The Labute approximate surface area is 139 Å². The Morgan fingerprint density at radius 1 is 1.48 bits per heavy atom. The number of nitrogens with zero attached hydrogens (tertiary/aromatic N) is 4. The second kappa shape index (κ2) is 7.14. The number of aromatic nitrogens is 3. The first kappa shape index (κ1) is 16.0. The van der Waals surface area contributed by atoms with Crippen LogP contribution in [0.3, 0.4) is 0 Å². The van der Waals surface area contributed by atoms with Gasteiger partial charge in [0.15, 0.2) is 0 Å². The Morgan fingerprint density at radius 2 is 2.35 bits per heavy atom. The first-order chi connectivity index (χ1) is 11.1. The summed E-state index contributed by atoms with van der Waals surface area (Å²) in [5, 5.41) is 0.930. The van der Waals surface area contributed by atoms with Crippen LogP contribution in [0.5, 0.6) is 0 Å². The normalized spacial score (nSPS) is 18.2. The molecule has 1 fully saturated rings. The summed E-state index contributed by atoms with van der Waals surface area (Å²) in [6, 6.07) is 1.91. The summed E-state index contributed by atoms with van der Waals surface area (Å²) in [6.07, 6.45) is 5.03. The molecule has 1 aliphatic heterocycles. The second-order valence-electron chi connectivity index (χ2n) is 5.63. The topological polar surface area (TPSA) is 68.2 Å². The van der Waals surface area contributed by atoms with Crippen LogP contribution in [0.25, 0.3) is 0 Å². The summed E-state index contributed by atoms with van der Waals surface area (Å²) < 4.78 is 5.80. The average Bonchev–Trinajstić information content (AvgIpc) is 2.92. The van der Waals surface area contributed by atoms with E-state index in [-0.39, 0.29) is 12.0 Å². The summed E-state index contributed by atoms with van der Waals surface area (Å²) in [5.74, 6) is 0.0726. The molecule has 2 aromatic rings. The van der Waals surface area contributed by atoms with Crippen molar-refractivity contribution in [1.82, 2.24) is 19.9 Å². The number of morpholine rings is 1. The average molecular weight is 332 g/mol. The monoisotopic (exact) mass is 332 g/mol. The number of hydrogen-bond acceptors (Lipinski definition) is 6. The first-order valence-corrected chi connectivity index (χ1v) is 8.55. The number of carbonyl (C=O) groups is 1. The third kappa shape index (κ3) is 3.92. The zero-order chi connectivity index (χ0) is 16.2. The van der Waals surface area contributed by atoms with E-state index in [2.05, 4.69) is 15.0 Å². The molecule has 1 atom stereocenters. The van der Waals surface area contributed by atoms with E-state index in [1.165, 1.54) is 11.3 Å². The maximum absolute atomic E-state index is 12.7. The lowest BCUT2D eigenvalue weighted by Crippen LogP contribution is -2.45. The molecule has 0 bridgehead atoms. The van der Waals surface area contributed by atoms with Crippen molar-refractivity contribution in [3.63, 3.8) is 0 Å². The van der Waals surface area contributed by atoms with Gasteiger partial charge in [0.05, 0.1) is 23.4 Å². The molecule has 0 aromatic carbocycles. The highest BCUT2D eigenvalue weighted by molar-refractivity contribution is 7.13. The Morgan fingerprint density at radius 3 is 3.04 bits per heavy atom. The standard InChI is InChI=1S/C16H20N4O2S/c1-11-15(23-12(2)19-11)16(21)20-7-8-22-14(9-20)4-3-13-5-6-17-10-18-13/h5-6,10,14H,3-4,7-9H2,1-2H3/t14-/m0/s1. The third-order valence-electron chi connectivity index (χ3n) is 3.89. The van der Waals surface area contributed by atoms with Crippen molar-refractivity contribution < 1.29 is 9.53 Å². The molecule has 7 heteroatoms. The SMILES string of the molecule is Cc1nc(C)c(C(=O)N2CCO[C@@H](CCc3ccncn3)C2)s1.